The largest absolute Gasteiger partial charge is 0.373 e. The van der Waals surface area contributed by atoms with Gasteiger partial charge in [0.1, 0.15) is 0 Å². The van der Waals surface area contributed by atoms with Crippen LogP contribution in [0, 0.1) is 0 Å². The van der Waals surface area contributed by atoms with Gasteiger partial charge in [0.15, 0.2) is 5.96 Å². The Balaban J connectivity index is 0.00000338. The molecule has 0 aliphatic carbocycles. The van der Waals surface area contributed by atoms with Gasteiger partial charge >= 0.3 is 0 Å². The second-order valence-electron chi connectivity index (χ2n) is 6.91. The Morgan fingerprint density at radius 2 is 1.88 bits per heavy atom. The minimum absolute atomic E-state index is 0. The molecule has 1 unspecified atom stereocenters. The predicted octanol–water partition coefficient (Wildman–Crippen LogP) is 3.38. The zero-order valence-electron chi connectivity index (χ0n) is 16.7. The Hall–Kier alpha value is -0.860. The molecule has 1 heterocycles. The molecule has 1 atom stereocenters. The first-order chi connectivity index (χ1) is 12.1. The molecule has 26 heavy (non-hydrogen) atoms. The lowest BCUT2D eigenvalue weighted by Gasteiger charge is -2.25. The lowest BCUT2D eigenvalue weighted by Crippen LogP contribution is -2.45. The number of nitrogens with zero attached hydrogens (tertiary/aromatic N) is 2. The number of hydrogen-bond donors (Lipinski definition) is 2. The maximum Gasteiger partial charge on any atom is 0.191 e. The highest BCUT2D eigenvalue weighted by molar-refractivity contribution is 14.0. The van der Waals surface area contributed by atoms with Crippen LogP contribution in [0.4, 0.5) is 0 Å². The second-order valence-corrected chi connectivity index (χ2v) is 6.91. The fourth-order valence-corrected chi connectivity index (χ4v) is 3.22. The third kappa shape index (κ3) is 7.04. The summed E-state index contributed by atoms with van der Waals surface area (Å²) in [6.07, 6.45) is 2.24. The van der Waals surface area contributed by atoms with E-state index in [0.29, 0.717) is 0 Å². The Kier molecular flexibility index (Phi) is 10.5. The minimum Gasteiger partial charge on any atom is -0.373 e. The van der Waals surface area contributed by atoms with Gasteiger partial charge < -0.3 is 15.4 Å². The Morgan fingerprint density at radius 1 is 1.19 bits per heavy atom. The standard InChI is InChI=1S/C20H34N4O.HI/c1-5-24(6-2)15-18-11-8-7-10-17(18)14-22-19(21-4)23-16-20(3)12-9-13-25-20;/h7-8,10-11H,5-6,9,12-16H2,1-4H3,(H2,21,22,23);1H. The van der Waals surface area contributed by atoms with Crippen molar-refractivity contribution in [2.45, 2.75) is 52.3 Å². The highest BCUT2D eigenvalue weighted by Crippen LogP contribution is 2.23. The van der Waals surface area contributed by atoms with E-state index in [-0.39, 0.29) is 29.6 Å². The lowest BCUT2D eigenvalue weighted by molar-refractivity contribution is 0.0243. The van der Waals surface area contributed by atoms with Crippen molar-refractivity contribution in [3.63, 3.8) is 0 Å². The molecule has 6 heteroatoms. The molecule has 0 bridgehead atoms. The Labute approximate surface area is 176 Å². The molecule has 1 aliphatic rings. The summed E-state index contributed by atoms with van der Waals surface area (Å²) in [4.78, 5) is 6.78. The van der Waals surface area contributed by atoms with Gasteiger partial charge in [-0.25, -0.2) is 0 Å². The molecule has 2 rings (SSSR count). The van der Waals surface area contributed by atoms with Crippen LogP contribution in [0.2, 0.25) is 0 Å². The summed E-state index contributed by atoms with van der Waals surface area (Å²) in [5, 5.41) is 6.85. The van der Waals surface area contributed by atoms with Crippen LogP contribution in [0.5, 0.6) is 0 Å². The molecular weight excluding hydrogens is 439 g/mol. The van der Waals surface area contributed by atoms with Crippen LogP contribution in [-0.4, -0.2) is 49.7 Å². The number of aliphatic imine (C=N–C) groups is 1. The summed E-state index contributed by atoms with van der Waals surface area (Å²) >= 11 is 0. The summed E-state index contributed by atoms with van der Waals surface area (Å²) in [6, 6.07) is 8.64. The fraction of sp³-hybridized carbons (Fsp3) is 0.650. The predicted molar refractivity (Wildman–Crippen MR) is 120 cm³/mol. The molecule has 0 amide bonds. The van der Waals surface area contributed by atoms with Crippen LogP contribution < -0.4 is 10.6 Å². The molecule has 0 radical (unpaired) electrons. The first kappa shape index (κ1) is 23.2. The van der Waals surface area contributed by atoms with E-state index < -0.39 is 0 Å². The maximum absolute atomic E-state index is 5.83. The number of guanidine groups is 1. The van der Waals surface area contributed by atoms with Crippen LogP contribution in [0.1, 0.15) is 44.7 Å². The molecule has 1 fully saturated rings. The number of halogens is 1. The molecule has 1 aromatic rings. The van der Waals surface area contributed by atoms with Crippen molar-refractivity contribution in [2.75, 3.05) is 33.3 Å². The highest BCUT2D eigenvalue weighted by Gasteiger charge is 2.29. The van der Waals surface area contributed by atoms with Gasteiger partial charge in [0.05, 0.1) is 5.60 Å². The summed E-state index contributed by atoms with van der Waals surface area (Å²) < 4.78 is 5.83. The second kappa shape index (κ2) is 11.8. The van der Waals surface area contributed by atoms with Gasteiger partial charge in [-0.1, -0.05) is 38.1 Å². The number of ether oxygens (including phenoxy) is 1. The summed E-state index contributed by atoms with van der Waals surface area (Å²) in [6.45, 7) is 12.1. The monoisotopic (exact) mass is 474 g/mol. The SMILES string of the molecule is CCN(CC)Cc1ccccc1CNC(=NC)NCC1(C)CCCO1.I. The number of rotatable bonds is 8. The zero-order valence-corrected chi connectivity index (χ0v) is 19.0. The summed E-state index contributed by atoms with van der Waals surface area (Å²) in [7, 11) is 1.81. The molecule has 0 saturated carbocycles. The maximum atomic E-state index is 5.83. The first-order valence-corrected chi connectivity index (χ1v) is 9.48. The molecule has 0 aromatic heterocycles. The quantitative estimate of drug-likeness (QED) is 0.345. The topological polar surface area (TPSA) is 48.9 Å². The normalized spacial score (nSPS) is 20.1. The Morgan fingerprint density at radius 3 is 2.46 bits per heavy atom. The van der Waals surface area contributed by atoms with Gasteiger partial charge in [0.25, 0.3) is 0 Å². The molecule has 5 nitrogen and oxygen atoms in total. The average molecular weight is 474 g/mol. The van der Waals surface area contributed by atoms with E-state index in [2.05, 4.69) is 65.6 Å². The molecule has 0 spiro atoms. The van der Waals surface area contributed by atoms with Crippen LogP contribution in [0.25, 0.3) is 0 Å². The number of nitrogens with one attached hydrogen (secondary N) is 2. The van der Waals surface area contributed by atoms with Crippen molar-refractivity contribution >= 4 is 29.9 Å². The lowest BCUT2D eigenvalue weighted by atomic mass is 10.0. The molecule has 1 saturated heterocycles. The van der Waals surface area contributed by atoms with Gasteiger partial charge in [-0.3, -0.25) is 9.89 Å². The van der Waals surface area contributed by atoms with Crippen molar-refractivity contribution in [3.05, 3.63) is 35.4 Å². The van der Waals surface area contributed by atoms with Gasteiger partial charge in [-0.15, -0.1) is 24.0 Å². The molecule has 1 aliphatic heterocycles. The van der Waals surface area contributed by atoms with Gasteiger partial charge in [-0.05, 0) is 44.0 Å². The first-order valence-electron chi connectivity index (χ1n) is 9.48. The van der Waals surface area contributed by atoms with Crippen molar-refractivity contribution in [2.24, 2.45) is 4.99 Å². The molecule has 1 aromatic carbocycles. The van der Waals surface area contributed by atoms with Crippen molar-refractivity contribution in [1.82, 2.24) is 15.5 Å². The van der Waals surface area contributed by atoms with E-state index in [4.69, 9.17) is 4.74 Å². The van der Waals surface area contributed by atoms with Crippen LogP contribution in [0.15, 0.2) is 29.3 Å². The van der Waals surface area contributed by atoms with Crippen LogP contribution in [0.3, 0.4) is 0 Å². The van der Waals surface area contributed by atoms with Gasteiger partial charge in [-0.2, -0.15) is 0 Å². The highest BCUT2D eigenvalue weighted by atomic mass is 127. The Bertz CT molecular complexity index is 554. The van der Waals surface area contributed by atoms with E-state index in [1.165, 1.54) is 11.1 Å². The van der Waals surface area contributed by atoms with Gasteiger partial charge in [0.2, 0.25) is 0 Å². The van der Waals surface area contributed by atoms with Crippen LogP contribution in [-0.2, 0) is 17.8 Å². The number of benzene rings is 1. The van der Waals surface area contributed by atoms with Gasteiger partial charge in [0, 0.05) is 33.3 Å². The van der Waals surface area contributed by atoms with E-state index in [1.807, 2.05) is 7.05 Å². The molecule has 148 valence electrons. The summed E-state index contributed by atoms with van der Waals surface area (Å²) in [5.41, 5.74) is 2.62. The van der Waals surface area contributed by atoms with Crippen LogP contribution >= 0.6 is 24.0 Å². The third-order valence-electron chi connectivity index (χ3n) is 5.01. The van der Waals surface area contributed by atoms with E-state index in [9.17, 15) is 0 Å². The van der Waals surface area contributed by atoms with E-state index in [1.54, 1.807) is 0 Å². The van der Waals surface area contributed by atoms with Crippen molar-refractivity contribution < 1.29 is 4.74 Å². The van der Waals surface area contributed by atoms with Crippen molar-refractivity contribution in [3.8, 4) is 0 Å². The average Bonchev–Trinajstić information content (AvgIpc) is 3.07. The molecular formula is C20H35IN4O. The van der Waals surface area contributed by atoms with Crippen molar-refractivity contribution in [1.29, 1.82) is 0 Å². The zero-order chi connectivity index (χ0) is 18.1. The summed E-state index contributed by atoms with van der Waals surface area (Å²) in [5.74, 6) is 0.828. The smallest absolute Gasteiger partial charge is 0.191 e. The minimum atomic E-state index is -0.0712. The third-order valence-corrected chi connectivity index (χ3v) is 5.01. The number of hydrogen-bond acceptors (Lipinski definition) is 3. The van der Waals surface area contributed by atoms with E-state index in [0.717, 1.165) is 58.1 Å². The molecule has 2 N–H and O–H groups in total. The fourth-order valence-electron chi connectivity index (χ4n) is 3.22. The van der Waals surface area contributed by atoms with E-state index >= 15 is 0 Å².